The zero-order valence-electron chi connectivity index (χ0n) is 19.7. The molecule has 0 bridgehead atoms. The van der Waals surface area contributed by atoms with Crippen molar-refractivity contribution in [3.8, 4) is 5.75 Å². The summed E-state index contributed by atoms with van der Waals surface area (Å²) in [5.41, 5.74) is 3.85. The van der Waals surface area contributed by atoms with Crippen LogP contribution in [0.15, 0.2) is 39.8 Å². The maximum absolute atomic E-state index is 13.0. The number of hydrogen-bond acceptors (Lipinski definition) is 6. The first-order chi connectivity index (χ1) is 16.2. The summed E-state index contributed by atoms with van der Waals surface area (Å²) in [6.45, 7) is 13.3. The SMILES string of the molecule is C=C(C)COc1cc2oc(=O)c(CC(=O)N3CCN(Cc4nc[nH]c4C)CC3)c(C)c2cc1Cl. The van der Waals surface area contributed by atoms with Crippen LogP contribution in [0.2, 0.25) is 5.02 Å². The number of amides is 1. The molecule has 8 nitrogen and oxygen atoms in total. The third-order valence-corrected chi connectivity index (χ3v) is 6.47. The van der Waals surface area contributed by atoms with E-state index in [2.05, 4.69) is 21.4 Å². The van der Waals surface area contributed by atoms with Gasteiger partial charge in [-0.25, -0.2) is 9.78 Å². The van der Waals surface area contributed by atoms with E-state index in [9.17, 15) is 9.59 Å². The van der Waals surface area contributed by atoms with Crippen LogP contribution in [0.4, 0.5) is 0 Å². The lowest BCUT2D eigenvalue weighted by atomic mass is 10.0. The topological polar surface area (TPSA) is 91.7 Å². The lowest BCUT2D eigenvalue weighted by Crippen LogP contribution is -2.49. The van der Waals surface area contributed by atoms with Gasteiger partial charge in [-0.3, -0.25) is 9.69 Å². The molecule has 180 valence electrons. The zero-order valence-corrected chi connectivity index (χ0v) is 20.5. The van der Waals surface area contributed by atoms with Crippen LogP contribution in [0.1, 0.15) is 29.4 Å². The minimum atomic E-state index is -0.515. The molecule has 34 heavy (non-hydrogen) atoms. The normalized spacial score (nSPS) is 14.5. The number of carbonyl (C=O) groups is 1. The van der Waals surface area contributed by atoms with E-state index in [4.69, 9.17) is 20.8 Å². The highest BCUT2D eigenvalue weighted by molar-refractivity contribution is 6.32. The standard InChI is InChI=1S/C25H29ClN4O4/c1-15(2)13-33-23-11-22-18(9-20(23)26)16(3)19(25(32)34-22)10-24(31)30-7-5-29(6-8-30)12-21-17(4)27-14-28-21/h9,11,14H,1,5-8,10,12-13H2,2-4H3,(H,27,28). The van der Waals surface area contributed by atoms with Gasteiger partial charge in [0.15, 0.2) is 0 Å². The molecule has 0 spiro atoms. The molecule has 1 N–H and O–H groups in total. The van der Waals surface area contributed by atoms with Crippen LogP contribution >= 0.6 is 11.6 Å². The van der Waals surface area contributed by atoms with Gasteiger partial charge in [0, 0.05) is 49.9 Å². The van der Waals surface area contributed by atoms with Crippen molar-refractivity contribution >= 4 is 28.5 Å². The molecule has 1 fully saturated rings. The highest BCUT2D eigenvalue weighted by Gasteiger charge is 2.24. The second kappa shape index (κ2) is 10.0. The summed E-state index contributed by atoms with van der Waals surface area (Å²) >= 11 is 6.39. The molecule has 1 aliphatic rings. The fourth-order valence-corrected chi connectivity index (χ4v) is 4.30. The maximum atomic E-state index is 13.0. The summed E-state index contributed by atoms with van der Waals surface area (Å²) in [6.07, 6.45) is 1.69. The number of rotatable bonds is 7. The lowest BCUT2D eigenvalue weighted by molar-refractivity contribution is -0.132. The van der Waals surface area contributed by atoms with E-state index >= 15 is 0 Å². The predicted molar refractivity (Wildman–Crippen MR) is 131 cm³/mol. The van der Waals surface area contributed by atoms with Gasteiger partial charge in [0.2, 0.25) is 5.91 Å². The summed E-state index contributed by atoms with van der Waals surface area (Å²) in [5.74, 6) is 0.337. The summed E-state index contributed by atoms with van der Waals surface area (Å²) in [5, 5.41) is 1.10. The number of piperazine rings is 1. The van der Waals surface area contributed by atoms with E-state index in [0.29, 0.717) is 52.6 Å². The largest absolute Gasteiger partial charge is 0.488 e. The van der Waals surface area contributed by atoms with Crippen molar-refractivity contribution in [1.82, 2.24) is 19.8 Å². The fraction of sp³-hybridized carbons (Fsp3) is 0.400. The van der Waals surface area contributed by atoms with Gasteiger partial charge in [-0.1, -0.05) is 18.2 Å². The van der Waals surface area contributed by atoms with Crippen molar-refractivity contribution < 1.29 is 13.9 Å². The summed E-state index contributed by atoms with van der Waals surface area (Å²) < 4.78 is 11.2. The van der Waals surface area contributed by atoms with Gasteiger partial charge in [0.05, 0.1) is 29.0 Å². The molecule has 0 aliphatic carbocycles. The van der Waals surface area contributed by atoms with Crippen molar-refractivity contribution in [2.45, 2.75) is 33.7 Å². The number of aryl methyl sites for hydroxylation is 2. The number of imidazole rings is 1. The minimum absolute atomic E-state index is 0.00584. The van der Waals surface area contributed by atoms with Crippen molar-refractivity contribution in [2.75, 3.05) is 32.8 Å². The molecule has 3 heterocycles. The molecular formula is C25H29ClN4O4. The monoisotopic (exact) mass is 484 g/mol. The van der Waals surface area contributed by atoms with Gasteiger partial charge in [-0.15, -0.1) is 0 Å². The van der Waals surface area contributed by atoms with Crippen molar-refractivity contribution in [3.05, 3.63) is 68.6 Å². The van der Waals surface area contributed by atoms with Crippen LogP contribution in [0.5, 0.6) is 5.75 Å². The van der Waals surface area contributed by atoms with E-state index in [1.165, 1.54) is 0 Å². The Labute approximate surface area is 203 Å². The number of aromatic nitrogens is 2. The van der Waals surface area contributed by atoms with Gasteiger partial charge in [0.25, 0.3) is 0 Å². The molecule has 0 radical (unpaired) electrons. The van der Waals surface area contributed by atoms with Crippen LogP contribution in [-0.4, -0.2) is 58.5 Å². The van der Waals surface area contributed by atoms with Gasteiger partial charge in [-0.05, 0) is 38.0 Å². The van der Waals surface area contributed by atoms with E-state index in [1.54, 1.807) is 23.4 Å². The van der Waals surface area contributed by atoms with Gasteiger partial charge in [0.1, 0.15) is 17.9 Å². The number of hydrogen-bond donors (Lipinski definition) is 1. The Bertz CT molecular complexity index is 1290. The molecule has 1 aromatic carbocycles. The molecular weight excluding hydrogens is 456 g/mol. The number of aromatic amines is 1. The number of carbonyl (C=O) groups excluding carboxylic acids is 1. The minimum Gasteiger partial charge on any atom is -0.488 e. The number of nitrogens with one attached hydrogen (secondary N) is 1. The second-order valence-electron chi connectivity index (χ2n) is 8.83. The Kier molecular flexibility index (Phi) is 7.09. The first-order valence-corrected chi connectivity index (χ1v) is 11.6. The molecule has 1 amide bonds. The van der Waals surface area contributed by atoms with Crippen LogP contribution in [-0.2, 0) is 17.8 Å². The lowest BCUT2D eigenvalue weighted by Gasteiger charge is -2.34. The van der Waals surface area contributed by atoms with Crippen LogP contribution in [0, 0.1) is 13.8 Å². The third-order valence-electron chi connectivity index (χ3n) is 6.17. The van der Waals surface area contributed by atoms with E-state index in [1.807, 2.05) is 20.8 Å². The van der Waals surface area contributed by atoms with E-state index < -0.39 is 5.63 Å². The van der Waals surface area contributed by atoms with Gasteiger partial charge < -0.3 is 19.0 Å². The van der Waals surface area contributed by atoms with E-state index in [0.717, 1.165) is 36.6 Å². The number of H-pyrrole nitrogens is 1. The third kappa shape index (κ3) is 5.18. The Morgan fingerprint density at radius 2 is 2.00 bits per heavy atom. The first-order valence-electron chi connectivity index (χ1n) is 11.2. The van der Waals surface area contributed by atoms with Crippen LogP contribution in [0.25, 0.3) is 11.0 Å². The Hall–Kier alpha value is -3.10. The Morgan fingerprint density at radius 1 is 1.26 bits per heavy atom. The van der Waals surface area contributed by atoms with Gasteiger partial charge >= 0.3 is 5.63 Å². The average Bonchev–Trinajstić information content (AvgIpc) is 3.20. The molecule has 0 atom stereocenters. The first kappa shape index (κ1) is 24.0. The smallest absolute Gasteiger partial charge is 0.340 e. The summed E-state index contributed by atoms with van der Waals surface area (Å²) in [6, 6.07) is 3.33. The number of halogens is 1. The highest BCUT2D eigenvalue weighted by Crippen LogP contribution is 2.32. The molecule has 3 aromatic rings. The molecule has 2 aromatic heterocycles. The molecule has 9 heteroatoms. The Morgan fingerprint density at radius 3 is 2.65 bits per heavy atom. The predicted octanol–water partition coefficient (Wildman–Crippen LogP) is 3.63. The maximum Gasteiger partial charge on any atom is 0.340 e. The molecule has 0 unspecified atom stereocenters. The van der Waals surface area contributed by atoms with Crippen LogP contribution < -0.4 is 10.4 Å². The summed E-state index contributed by atoms with van der Waals surface area (Å²) in [4.78, 5) is 37.3. The zero-order chi connectivity index (χ0) is 24.4. The quantitative estimate of drug-likeness (QED) is 0.406. The number of benzene rings is 1. The second-order valence-corrected chi connectivity index (χ2v) is 9.23. The number of nitrogens with zero attached hydrogens (tertiary/aromatic N) is 3. The fourth-order valence-electron chi connectivity index (χ4n) is 4.08. The van der Waals surface area contributed by atoms with Crippen molar-refractivity contribution in [2.24, 2.45) is 0 Å². The molecule has 4 rings (SSSR count). The summed E-state index contributed by atoms with van der Waals surface area (Å²) in [7, 11) is 0. The Balaban J connectivity index is 1.46. The number of fused-ring (bicyclic) bond motifs is 1. The molecule has 0 saturated carbocycles. The van der Waals surface area contributed by atoms with E-state index in [-0.39, 0.29) is 12.3 Å². The number of ether oxygens (including phenoxy) is 1. The molecule has 1 saturated heterocycles. The van der Waals surface area contributed by atoms with Crippen molar-refractivity contribution in [1.29, 1.82) is 0 Å². The average molecular weight is 485 g/mol. The molecule has 1 aliphatic heterocycles. The van der Waals surface area contributed by atoms with Crippen molar-refractivity contribution in [3.63, 3.8) is 0 Å². The van der Waals surface area contributed by atoms with Gasteiger partial charge in [-0.2, -0.15) is 0 Å². The highest BCUT2D eigenvalue weighted by atomic mass is 35.5. The van der Waals surface area contributed by atoms with Crippen LogP contribution in [0.3, 0.4) is 0 Å².